The van der Waals surface area contributed by atoms with Crippen molar-refractivity contribution < 1.29 is 9.90 Å². The van der Waals surface area contributed by atoms with Gasteiger partial charge in [-0.1, -0.05) is 11.8 Å². The van der Waals surface area contributed by atoms with E-state index in [4.69, 9.17) is 10.8 Å². The van der Waals surface area contributed by atoms with E-state index in [0.29, 0.717) is 5.16 Å². The molecule has 0 fully saturated rings. The number of rotatable bonds is 4. The maximum absolute atomic E-state index is 10.3. The monoisotopic (exact) mass is 188 g/mol. The molecule has 66 valence electrons. The van der Waals surface area contributed by atoms with Crippen LogP contribution in [0.4, 0.5) is 0 Å². The van der Waals surface area contributed by atoms with Crippen LogP contribution in [0.2, 0.25) is 0 Å². The van der Waals surface area contributed by atoms with E-state index >= 15 is 0 Å². The van der Waals surface area contributed by atoms with Crippen molar-refractivity contribution in [3.8, 4) is 0 Å². The number of carboxylic acid groups (broad SMARTS) is 1. The Kier molecular flexibility index (Phi) is 3.06. The molecule has 1 aromatic rings. The Hall–Kier alpha value is -1.08. The molecule has 0 aliphatic heterocycles. The van der Waals surface area contributed by atoms with Crippen molar-refractivity contribution in [1.29, 1.82) is 0 Å². The van der Waals surface area contributed by atoms with E-state index in [1.165, 1.54) is 18.1 Å². The summed E-state index contributed by atoms with van der Waals surface area (Å²) >= 11 is 1.20. The van der Waals surface area contributed by atoms with Crippen LogP contribution in [0.25, 0.3) is 0 Å². The first-order chi connectivity index (χ1) is 5.70. The van der Waals surface area contributed by atoms with Gasteiger partial charge in [0, 0.05) is 5.75 Å². The summed E-state index contributed by atoms with van der Waals surface area (Å²) in [4.78, 5) is 14.1. The van der Waals surface area contributed by atoms with Gasteiger partial charge in [-0.25, -0.2) is 4.98 Å². The van der Waals surface area contributed by atoms with Gasteiger partial charge in [-0.05, 0) is 0 Å². The average Bonchev–Trinajstić information content (AvgIpc) is 2.51. The van der Waals surface area contributed by atoms with Gasteiger partial charge in [-0.15, -0.1) is 5.10 Å². The number of hydrogen-bond donors (Lipinski definition) is 3. The molecule has 0 aliphatic rings. The van der Waals surface area contributed by atoms with Gasteiger partial charge in [0.2, 0.25) is 5.16 Å². The number of hydrogen-bond acceptors (Lipinski definition) is 5. The highest BCUT2D eigenvalue weighted by Crippen LogP contribution is 2.10. The molecule has 0 radical (unpaired) electrons. The summed E-state index contributed by atoms with van der Waals surface area (Å²) in [5, 5.41) is 15.2. The Morgan fingerprint density at radius 1 is 1.92 bits per heavy atom. The van der Waals surface area contributed by atoms with E-state index in [2.05, 4.69) is 15.2 Å². The molecule has 0 saturated carbocycles. The number of H-pyrrole nitrogens is 1. The van der Waals surface area contributed by atoms with Crippen LogP contribution < -0.4 is 5.73 Å². The quantitative estimate of drug-likeness (QED) is 0.540. The maximum atomic E-state index is 10.3. The van der Waals surface area contributed by atoms with Crippen LogP contribution in [0.5, 0.6) is 0 Å². The number of carbonyl (C=O) groups is 1. The molecular weight excluding hydrogens is 180 g/mol. The molecule has 0 aromatic carbocycles. The van der Waals surface area contributed by atoms with Gasteiger partial charge < -0.3 is 10.8 Å². The van der Waals surface area contributed by atoms with Crippen molar-refractivity contribution in [1.82, 2.24) is 15.2 Å². The van der Waals surface area contributed by atoms with Crippen LogP contribution in [-0.4, -0.2) is 38.1 Å². The van der Waals surface area contributed by atoms with E-state index in [1.54, 1.807) is 0 Å². The molecule has 0 spiro atoms. The van der Waals surface area contributed by atoms with Crippen LogP contribution in [0, 0.1) is 0 Å². The van der Waals surface area contributed by atoms with Crippen LogP contribution in [0.1, 0.15) is 0 Å². The summed E-state index contributed by atoms with van der Waals surface area (Å²) in [6, 6.07) is -0.867. The van der Waals surface area contributed by atoms with Gasteiger partial charge in [0.05, 0.1) is 0 Å². The highest BCUT2D eigenvalue weighted by Gasteiger charge is 2.12. The number of aromatic amines is 1. The van der Waals surface area contributed by atoms with Crippen LogP contribution in [0.3, 0.4) is 0 Å². The normalized spacial score (nSPS) is 12.8. The van der Waals surface area contributed by atoms with E-state index in [-0.39, 0.29) is 5.75 Å². The Morgan fingerprint density at radius 2 is 2.67 bits per heavy atom. The lowest BCUT2D eigenvalue weighted by atomic mass is 10.4. The third-order valence-electron chi connectivity index (χ3n) is 1.10. The summed E-state index contributed by atoms with van der Waals surface area (Å²) in [5.41, 5.74) is 5.25. The SMILES string of the molecule is N[C@@H](CSc1nc[nH]n1)C(=O)O. The second-order valence-electron chi connectivity index (χ2n) is 2.04. The first-order valence-electron chi connectivity index (χ1n) is 3.17. The molecule has 0 aliphatic carbocycles. The molecule has 1 rings (SSSR count). The molecule has 6 nitrogen and oxygen atoms in total. The molecule has 0 bridgehead atoms. The van der Waals surface area contributed by atoms with Gasteiger partial charge in [-0.3, -0.25) is 9.89 Å². The number of nitrogens with one attached hydrogen (secondary N) is 1. The van der Waals surface area contributed by atoms with Crippen molar-refractivity contribution in [2.75, 3.05) is 5.75 Å². The van der Waals surface area contributed by atoms with E-state index in [0.717, 1.165) is 0 Å². The first-order valence-corrected chi connectivity index (χ1v) is 4.15. The van der Waals surface area contributed by atoms with Crippen molar-refractivity contribution in [2.45, 2.75) is 11.2 Å². The van der Waals surface area contributed by atoms with Crippen molar-refractivity contribution in [3.63, 3.8) is 0 Å². The average molecular weight is 188 g/mol. The maximum Gasteiger partial charge on any atom is 0.321 e. The lowest BCUT2D eigenvalue weighted by molar-refractivity contribution is -0.137. The summed E-state index contributed by atoms with van der Waals surface area (Å²) in [5.74, 6) is -0.745. The fraction of sp³-hybridized carbons (Fsp3) is 0.400. The Balaban J connectivity index is 2.31. The zero-order valence-electron chi connectivity index (χ0n) is 6.10. The highest BCUT2D eigenvalue weighted by molar-refractivity contribution is 7.99. The topological polar surface area (TPSA) is 105 Å². The Bertz CT molecular complexity index is 250. The minimum atomic E-state index is -1.02. The molecule has 1 atom stereocenters. The van der Waals surface area contributed by atoms with Crippen molar-refractivity contribution in [2.24, 2.45) is 5.73 Å². The highest BCUT2D eigenvalue weighted by atomic mass is 32.2. The lowest BCUT2D eigenvalue weighted by Gasteiger charge is -2.01. The molecule has 7 heteroatoms. The van der Waals surface area contributed by atoms with Crippen LogP contribution >= 0.6 is 11.8 Å². The largest absolute Gasteiger partial charge is 0.480 e. The zero-order chi connectivity index (χ0) is 8.97. The number of nitrogens with zero attached hydrogens (tertiary/aromatic N) is 2. The number of nitrogens with two attached hydrogens (primary N) is 1. The van der Waals surface area contributed by atoms with E-state index in [1.807, 2.05) is 0 Å². The van der Waals surface area contributed by atoms with Gasteiger partial charge in [0.15, 0.2) is 0 Å². The molecule has 4 N–H and O–H groups in total. The molecule has 0 amide bonds. The summed E-state index contributed by atoms with van der Waals surface area (Å²) in [6.07, 6.45) is 1.43. The number of aromatic nitrogens is 3. The molecule has 0 saturated heterocycles. The van der Waals surface area contributed by atoms with Gasteiger partial charge in [0.25, 0.3) is 0 Å². The molecular formula is C5H8N4O2S. The van der Waals surface area contributed by atoms with E-state index in [9.17, 15) is 4.79 Å². The smallest absolute Gasteiger partial charge is 0.321 e. The standard InChI is InChI=1S/C5H8N4O2S/c6-3(4(10)11)1-12-5-7-2-8-9-5/h2-3H,1,6H2,(H,10,11)(H,7,8,9)/t3-/m0/s1. The minimum absolute atomic E-state index is 0.271. The molecule has 0 unspecified atom stereocenters. The number of carboxylic acids is 1. The predicted octanol–water partition coefficient (Wildman–Crippen LogP) is -0.691. The molecule has 1 aromatic heterocycles. The summed E-state index contributed by atoms with van der Waals surface area (Å²) < 4.78 is 0. The molecule has 1 heterocycles. The second kappa shape index (κ2) is 4.07. The zero-order valence-corrected chi connectivity index (χ0v) is 6.91. The fourth-order valence-corrected chi connectivity index (χ4v) is 1.22. The van der Waals surface area contributed by atoms with Crippen LogP contribution in [-0.2, 0) is 4.79 Å². The molecule has 12 heavy (non-hydrogen) atoms. The van der Waals surface area contributed by atoms with Crippen LogP contribution in [0.15, 0.2) is 11.5 Å². The Morgan fingerprint density at radius 3 is 3.17 bits per heavy atom. The van der Waals surface area contributed by atoms with Crippen molar-refractivity contribution in [3.05, 3.63) is 6.33 Å². The van der Waals surface area contributed by atoms with Gasteiger partial charge >= 0.3 is 5.97 Å². The summed E-state index contributed by atoms with van der Waals surface area (Å²) in [6.45, 7) is 0. The third kappa shape index (κ3) is 2.51. The first kappa shape index (κ1) is 9.01. The minimum Gasteiger partial charge on any atom is -0.480 e. The number of thioether (sulfide) groups is 1. The van der Waals surface area contributed by atoms with E-state index < -0.39 is 12.0 Å². The summed E-state index contributed by atoms with van der Waals surface area (Å²) in [7, 11) is 0. The fourth-order valence-electron chi connectivity index (χ4n) is 0.502. The third-order valence-corrected chi connectivity index (χ3v) is 2.08. The Labute approximate surface area is 72.6 Å². The number of aliphatic carboxylic acids is 1. The second-order valence-corrected chi connectivity index (χ2v) is 3.02. The lowest BCUT2D eigenvalue weighted by Crippen LogP contribution is -2.32. The van der Waals surface area contributed by atoms with Gasteiger partial charge in [0.1, 0.15) is 12.4 Å². The predicted molar refractivity (Wildman–Crippen MR) is 42.7 cm³/mol. The van der Waals surface area contributed by atoms with Gasteiger partial charge in [-0.2, -0.15) is 0 Å². The van der Waals surface area contributed by atoms with Crippen molar-refractivity contribution >= 4 is 17.7 Å².